The van der Waals surface area contributed by atoms with Gasteiger partial charge in [0, 0.05) is 0 Å². The van der Waals surface area contributed by atoms with Crippen LogP contribution in [-0.2, 0) is 9.59 Å². The second kappa shape index (κ2) is 7.60. The second-order valence-electron chi connectivity index (χ2n) is 2.51. The normalized spacial score (nSPS) is 18.1. The van der Waals surface area contributed by atoms with Crippen molar-refractivity contribution in [1.82, 2.24) is 0 Å². The molecule has 0 aromatic rings. The van der Waals surface area contributed by atoms with E-state index in [-0.39, 0.29) is 48.9 Å². The average Bonchev–Trinajstić information content (AvgIpc) is 2.12. The third-order valence-corrected chi connectivity index (χ3v) is 1.48. The van der Waals surface area contributed by atoms with Crippen LogP contribution in [0.2, 0.25) is 0 Å². The molecule has 0 bridgehead atoms. The van der Waals surface area contributed by atoms with Crippen LogP contribution in [0.3, 0.4) is 0 Å². The number of rotatable bonds is 5. The summed E-state index contributed by atoms with van der Waals surface area (Å²) in [5.41, 5.74) is 0. The monoisotopic (exact) mass is 346 g/mol. The van der Waals surface area contributed by atoms with Crippen molar-refractivity contribution in [2.75, 3.05) is 0 Å². The minimum Gasteiger partial charge on any atom is -0.547 e. The molecule has 8 nitrogen and oxygen atoms in total. The molecule has 0 aliphatic heterocycles. The summed E-state index contributed by atoms with van der Waals surface area (Å²) in [7, 11) is 0. The Labute approximate surface area is 124 Å². The van der Waals surface area contributed by atoms with Crippen LogP contribution in [0, 0.1) is 0 Å². The molecule has 4 N–H and O–H groups in total. The fourth-order valence-corrected chi connectivity index (χ4v) is 0.652. The van der Waals surface area contributed by atoms with E-state index in [0.29, 0.717) is 0 Å². The van der Waals surface area contributed by atoms with Gasteiger partial charge >= 0.3 is 48.9 Å². The van der Waals surface area contributed by atoms with Crippen molar-refractivity contribution >= 4 is 60.8 Å². The summed E-state index contributed by atoms with van der Waals surface area (Å²) in [6.45, 7) is 0. The van der Waals surface area contributed by atoms with Gasteiger partial charge in [-0.15, -0.1) is 0 Å². The molecule has 0 aliphatic carbocycles. The summed E-state index contributed by atoms with van der Waals surface area (Å²) in [6.07, 6.45) is -9.76. The Morgan fingerprint density at radius 1 is 0.800 bits per heavy atom. The van der Waals surface area contributed by atoms with Gasteiger partial charge in [-0.1, -0.05) is 0 Å². The number of hydrogen-bond acceptors (Lipinski definition) is 8. The zero-order valence-corrected chi connectivity index (χ0v) is 11.9. The van der Waals surface area contributed by atoms with Crippen molar-refractivity contribution in [3.05, 3.63) is 0 Å². The first-order valence-corrected chi connectivity index (χ1v) is 3.43. The minimum absolute atomic E-state index is 0. The molecular formula is C6H8BaO8. The van der Waals surface area contributed by atoms with E-state index in [9.17, 15) is 19.8 Å². The van der Waals surface area contributed by atoms with Gasteiger partial charge in [0.25, 0.3) is 0 Å². The molecule has 0 heterocycles. The van der Waals surface area contributed by atoms with Crippen LogP contribution >= 0.6 is 0 Å². The predicted octanol–water partition coefficient (Wildman–Crippen LogP) is -6.45. The number of aliphatic hydroxyl groups is 4. The van der Waals surface area contributed by atoms with Gasteiger partial charge in [-0.2, -0.15) is 0 Å². The first kappa shape index (κ1) is 17.7. The number of aliphatic carboxylic acids is 2. The standard InChI is InChI=1S/C6H10O8.Ba/c7-1(3(9)5(11)12)2(8)4(10)6(13)14;/h1-4,7-10H,(H,11,12)(H,13,14);/q;+2/p-2/t1-,2+,3-,4-;/m0./s1. The molecule has 0 aromatic heterocycles. The van der Waals surface area contributed by atoms with Crippen molar-refractivity contribution in [3.63, 3.8) is 0 Å². The zero-order chi connectivity index (χ0) is 11.5. The predicted molar refractivity (Wildman–Crippen MR) is 39.8 cm³/mol. The summed E-state index contributed by atoms with van der Waals surface area (Å²) in [5, 5.41) is 54.7. The van der Waals surface area contributed by atoms with Crippen LogP contribution in [0.5, 0.6) is 0 Å². The Bertz CT molecular complexity index is 207. The van der Waals surface area contributed by atoms with E-state index in [4.69, 9.17) is 20.4 Å². The van der Waals surface area contributed by atoms with Gasteiger partial charge < -0.3 is 40.2 Å². The van der Waals surface area contributed by atoms with Gasteiger partial charge in [0.1, 0.15) is 24.4 Å². The van der Waals surface area contributed by atoms with E-state index in [0.717, 1.165) is 0 Å². The van der Waals surface area contributed by atoms with Gasteiger partial charge in [0.05, 0.1) is 11.9 Å². The maximum absolute atomic E-state index is 9.96. The molecule has 0 amide bonds. The van der Waals surface area contributed by atoms with Crippen LogP contribution in [0.25, 0.3) is 0 Å². The van der Waals surface area contributed by atoms with Crippen molar-refractivity contribution in [2.24, 2.45) is 0 Å². The van der Waals surface area contributed by atoms with E-state index < -0.39 is 36.4 Å². The third kappa shape index (κ3) is 5.29. The average molecular weight is 345 g/mol. The molecule has 15 heavy (non-hydrogen) atoms. The fourth-order valence-electron chi connectivity index (χ4n) is 0.652. The van der Waals surface area contributed by atoms with Gasteiger partial charge in [-0.3, -0.25) is 0 Å². The van der Waals surface area contributed by atoms with Crippen molar-refractivity contribution < 1.29 is 40.2 Å². The van der Waals surface area contributed by atoms with E-state index in [2.05, 4.69) is 0 Å². The molecule has 0 unspecified atom stereocenters. The van der Waals surface area contributed by atoms with Gasteiger partial charge in [0.2, 0.25) is 0 Å². The molecule has 0 aliphatic rings. The molecule has 4 atom stereocenters. The van der Waals surface area contributed by atoms with Crippen LogP contribution in [0.1, 0.15) is 0 Å². The summed E-state index contributed by atoms with van der Waals surface area (Å²) >= 11 is 0. The van der Waals surface area contributed by atoms with Crippen molar-refractivity contribution in [2.45, 2.75) is 24.4 Å². The topological polar surface area (TPSA) is 161 Å². The molecule has 0 saturated heterocycles. The second-order valence-corrected chi connectivity index (χ2v) is 2.51. The summed E-state index contributed by atoms with van der Waals surface area (Å²) in [5.74, 6) is -4.22. The molecule has 82 valence electrons. The third-order valence-electron chi connectivity index (χ3n) is 1.48. The number of carbonyl (C=O) groups excluding carboxylic acids is 2. The Hall–Kier alpha value is 0.351. The maximum atomic E-state index is 9.96. The van der Waals surface area contributed by atoms with E-state index in [1.807, 2.05) is 0 Å². The van der Waals surface area contributed by atoms with Gasteiger partial charge in [0.15, 0.2) is 0 Å². The summed E-state index contributed by atoms with van der Waals surface area (Å²) in [6, 6.07) is 0. The fraction of sp³-hybridized carbons (Fsp3) is 0.667. The van der Waals surface area contributed by atoms with Crippen LogP contribution in [0.15, 0.2) is 0 Å². The maximum Gasteiger partial charge on any atom is 2.00 e. The molecule has 0 rings (SSSR count). The number of carboxylic acid groups (broad SMARTS) is 2. The van der Waals surface area contributed by atoms with Crippen LogP contribution in [0.4, 0.5) is 0 Å². The van der Waals surface area contributed by atoms with Crippen molar-refractivity contribution in [1.29, 1.82) is 0 Å². The Kier molecular flexibility index (Phi) is 8.98. The van der Waals surface area contributed by atoms with Gasteiger partial charge in [-0.25, -0.2) is 0 Å². The summed E-state index contributed by atoms with van der Waals surface area (Å²) < 4.78 is 0. The zero-order valence-electron chi connectivity index (χ0n) is 7.44. The number of hydrogen-bond donors (Lipinski definition) is 4. The molecule has 0 spiro atoms. The largest absolute Gasteiger partial charge is 2.00 e. The smallest absolute Gasteiger partial charge is 0.547 e. The Morgan fingerprint density at radius 2 is 1.00 bits per heavy atom. The number of aliphatic hydroxyl groups excluding tert-OH is 4. The molecular weight excluding hydrogens is 337 g/mol. The number of carbonyl (C=O) groups is 2. The first-order valence-electron chi connectivity index (χ1n) is 3.43. The minimum atomic E-state index is -2.50. The van der Waals surface area contributed by atoms with Crippen LogP contribution < -0.4 is 10.2 Å². The van der Waals surface area contributed by atoms with Crippen molar-refractivity contribution in [3.8, 4) is 0 Å². The van der Waals surface area contributed by atoms with Gasteiger partial charge in [-0.05, 0) is 0 Å². The van der Waals surface area contributed by atoms with E-state index in [1.54, 1.807) is 0 Å². The van der Waals surface area contributed by atoms with E-state index >= 15 is 0 Å². The molecule has 0 radical (unpaired) electrons. The Morgan fingerprint density at radius 3 is 1.13 bits per heavy atom. The summed E-state index contributed by atoms with van der Waals surface area (Å²) in [4.78, 5) is 19.9. The molecule has 0 saturated carbocycles. The number of carboxylic acids is 2. The van der Waals surface area contributed by atoms with E-state index in [1.165, 1.54) is 0 Å². The van der Waals surface area contributed by atoms with Crippen LogP contribution in [-0.4, -0.2) is 106 Å². The Balaban J connectivity index is 0. The molecule has 0 fully saturated rings. The molecule has 0 aromatic carbocycles. The molecule has 9 heteroatoms. The quantitative estimate of drug-likeness (QED) is 0.358. The first-order chi connectivity index (χ1) is 6.29. The SMILES string of the molecule is O=C([O-])[C@@H](O)[C@H](O)[C@H](O)[C@H](O)C(=O)[O-].[Ba+2].